The maximum atomic E-state index is 6.02. The molecule has 0 aliphatic carbocycles. The number of piperazine rings is 1. The smallest absolute Gasteiger partial charge is 0.151 e. The van der Waals surface area contributed by atoms with Crippen LogP contribution in [0.15, 0.2) is 16.7 Å². The summed E-state index contributed by atoms with van der Waals surface area (Å²) in [7, 11) is 0. The second-order valence-corrected chi connectivity index (χ2v) is 5.41. The average molecular weight is 299 g/mol. The van der Waals surface area contributed by atoms with Gasteiger partial charge < -0.3 is 10.6 Å². The molecule has 0 aromatic carbocycles. The van der Waals surface area contributed by atoms with E-state index >= 15 is 0 Å². The molecule has 1 atom stereocenters. The highest BCUT2D eigenvalue weighted by molar-refractivity contribution is 9.10. The van der Waals surface area contributed by atoms with Crippen molar-refractivity contribution in [1.29, 1.82) is 0 Å². The van der Waals surface area contributed by atoms with Crippen molar-refractivity contribution in [3.63, 3.8) is 0 Å². The molecule has 0 saturated carbocycles. The number of likely N-dealkylation sites (N-methyl/N-ethyl adjacent to an activating group) is 1. The first-order valence-electron chi connectivity index (χ1n) is 6.01. The standard InChI is InChI=1S/C12H19BrN4/c1-3-16-4-5-17(8-9(16)2)12-11(14)6-10(13)7-15-12/h6-7,9H,3-5,8,14H2,1-2H3. The van der Waals surface area contributed by atoms with E-state index in [4.69, 9.17) is 5.73 Å². The van der Waals surface area contributed by atoms with Gasteiger partial charge in [-0.25, -0.2) is 4.98 Å². The highest BCUT2D eigenvalue weighted by Crippen LogP contribution is 2.25. The number of hydrogen-bond acceptors (Lipinski definition) is 4. The summed E-state index contributed by atoms with van der Waals surface area (Å²) >= 11 is 3.38. The van der Waals surface area contributed by atoms with Gasteiger partial charge in [0.05, 0.1) is 5.69 Å². The van der Waals surface area contributed by atoms with Crippen molar-refractivity contribution < 1.29 is 0 Å². The second kappa shape index (κ2) is 5.23. The van der Waals surface area contributed by atoms with Gasteiger partial charge in [0, 0.05) is 36.3 Å². The van der Waals surface area contributed by atoms with Crippen molar-refractivity contribution >= 4 is 27.4 Å². The summed E-state index contributed by atoms with van der Waals surface area (Å²) in [5.41, 5.74) is 6.76. The number of halogens is 1. The van der Waals surface area contributed by atoms with Crippen LogP contribution in [0.1, 0.15) is 13.8 Å². The Morgan fingerprint density at radius 1 is 1.53 bits per heavy atom. The summed E-state index contributed by atoms with van der Waals surface area (Å²) < 4.78 is 0.930. The van der Waals surface area contributed by atoms with Gasteiger partial charge in [-0.15, -0.1) is 0 Å². The van der Waals surface area contributed by atoms with Crippen molar-refractivity contribution in [1.82, 2.24) is 9.88 Å². The molecule has 5 heteroatoms. The molecule has 1 unspecified atom stereocenters. The van der Waals surface area contributed by atoms with E-state index in [2.05, 4.69) is 44.6 Å². The highest BCUT2D eigenvalue weighted by atomic mass is 79.9. The third-order valence-corrected chi connectivity index (χ3v) is 3.77. The van der Waals surface area contributed by atoms with E-state index in [-0.39, 0.29) is 0 Å². The predicted octanol–water partition coefficient (Wildman–Crippen LogP) is 1.96. The Hall–Kier alpha value is -0.810. The van der Waals surface area contributed by atoms with Gasteiger partial charge in [-0.3, -0.25) is 4.90 Å². The van der Waals surface area contributed by atoms with Gasteiger partial charge in [0.15, 0.2) is 5.82 Å². The van der Waals surface area contributed by atoms with Crippen LogP contribution in [0.2, 0.25) is 0 Å². The fourth-order valence-corrected chi connectivity index (χ4v) is 2.72. The van der Waals surface area contributed by atoms with Crippen LogP contribution < -0.4 is 10.6 Å². The van der Waals surface area contributed by atoms with Crippen molar-refractivity contribution in [3.05, 3.63) is 16.7 Å². The minimum absolute atomic E-state index is 0.554. The predicted molar refractivity (Wildman–Crippen MR) is 75.3 cm³/mol. The molecule has 2 N–H and O–H groups in total. The van der Waals surface area contributed by atoms with E-state index in [1.807, 2.05) is 12.3 Å². The molecule has 94 valence electrons. The van der Waals surface area contributed by atoms with Crippen LogP contribution in [-0.4, -0.2) is 42.1 Å². The van der Waals surface area contributed by atoms with Crippen molar-refractivity contribution in [2.24, 2.45) is 0 Å². The first-order chi connectivity index (χ1) is 8.11. The zero-order chi connectivity index (χ0) is 12.4. The number of rotatable bonds is 2. The molecule has 1 aliphatic heterocycles. The van der Waals surface area contributed by atoms with Crippen molar-refractivity contribution in [2.45, 2.75) is 19.9 Å². The van der Waals surface area contributed by atoms with E-state index in [0.717, 1.165) is 42.2 Å². The fraction of sp³-hybridized carbons (Fsp3) is 0.583. The molecule has 4 nitrogen and oxygen atoms in total. The molecule has 0 spiro atoms. The molecule has 1 fully saturated rings. The quantitative estimate of drug-likeness (QED) is 0.907. The zero-order valence-corrected chi connectivity index (χ0v) is 11.9. The molecule has 2 heterocycles. The molecule has 0 bridgehead atoms. The Bertz CT molecular complexity index is 396. The molecule has 1 saturated heterocycles. The largest absolute Gasteiger partial charge is 0.396 e. The minimum atomic E-state index is 0.554. The van der Waals surface area contributed by atoms with Gasteiger partial charge >= 0.3 is 0 Å². The Morgan fingerprint density at radius 2 is 2.29 bits per heavy atom. The molecule has 1 aromatic heterocycles. The van der Waals surface area contributed by atoms with Gasteiger partial charge in [-0.05, 0) is 35.5 Å². The van der Waals surface area contributed by atoms with E-state index < -0.39 is 0 Å². The van der Waals surface area contributed by atoms with Crippen LogP contribution in [0.25, 0.3) is 0 Å². The molecule has 2 rings (SSSR count). The van der Waals surface area contributed by atoms with Gasteiger partial charge in [-0.1, -0.05) is 6.92 Å². The van der Waals surface area contributed by atoms with E-state index in [9.17, 15) is 0 Å². The summed E-state index contributed by atoms with van der Waals surface area (Å²) in [4.78, 5) is 9.18. The lowest BCUT2D eigenvalue weighted by Crippen LogP contribution is -2.52. The Balaban J connectivity index is 2.14. The first kappa shape index (κ1) is 12.6. The molecule has 1 aromatic rings. The van der Waals surface area contributed by atoms with Crippen LogP contribution in [0.5, 0.6) is 0 Å². The fourth-order valence-electron chi connectivity index (χ4n) is 2.37. The number of nitrogens with zero attached hydrogens (tertiary/aromatic N) is 3. The van der Waals surface area contributed by atoms with Gasteiger partial charge in [-0.2, -0.15) is 0 Å². The highest BCUT2D eigenvalue weighted by Gasteiger charge is 2.24. The van der Waals surface area contributed by atoms with Crippen molar-refractivity contribution in [3.8, 4) is 0 Å². The summed E-state index contributed by atoms with van der Waals surface area (Å²) in [6.45, 7) is 8.64. The van der Waals surface area contributed by atoms with E-state index in [0.29, 0.717) is 6.04 Å². The Labute approximate surface area is 111 Å². The molecule has 17 heavy (non-hydrogen) atoms. The van der Waals surface area contributed by atoms with Crippen LogP contribution in [-0.2, 0) is 0 Å². The van der Waals surface area contributed by atoms with Gasteiger partial charge in [0.25, 0.3) is 0 Å². The van der Waals surface area contributed by atoms with Crippen LogP contribution >= 0.6 is 15.9 Å². The topological polar surface area (TPSA) is 45.4 Å². The second-order valence-electron chi connectivity index (χ2n) is 4.49. The minimum Gasteiger partial charge on any atom is -0.396 e. The Morgan fingerprint density at radius 3 is 2.88 bits per heavy atom. The lowest BCUT2D eigenvalue weighted by atomic mass is 10.2. The number of nitrogen functional groups attached to an aromatic ring is 1. The molecule has 1 aliphatic rings. The molecular formula is C12H19BrN4. The van der Waals surface area contributed by atoms with E-state index in [1.165, 1.54) is 0 Å². The number of nitrogens with two attached hydrogens (primary N) is 1. The Kier molecular flexibility index (Phi) is 3.89. The van der Waals surface area contributed by atoms with Crippen molar-refractivity contribution in [2.75, 3.05) is 36.8 Å². The zero-order valence-electron chi connectivity index (χ0n) is 10.4. The average Bonchev–Trinajstić information content (AvgIpc) is 2.29. The monoisotopic (exact) mass is 298 g/mol. The third kappa shape index (κ3) is 2.72. The number of aromatic nitrogens is 1. The lowest BCUT2D eigenvalue weighted by Gasteiger charge is -2.40. The van der Waals surface area contributed by atoms with Gasteiger partial charge in [0.1, 0.15) is 0 Å². The van der Waals surface area contributed by atoms with Gasteiger partial charge in [0.2, 0.25) is 0 Å². The van der Waals surface area contributed by atoms with E-state index in [1.54, 1.807) is 0 Å². The molecule has 0 radical (unpaired) electrons. The van der Waals surface area contributed by atoms with Crippen LogP contribution in [0, 0.1) is 0 Å². The third-order valence-electron chi connectivity index (χ3n) is 3.33. The first-order valence-corrected chi connectivity index (χ1v) is 6.81. The molecular weight excluding hydrogens is 280 g/mol. The summed E-state index contributed by atoms with van der Waals surface area (Å²) in [5, 5.41) is 0. The number of pyridine rings is 1. The summed E-state index contributed by atoms with van der Waals surface area (Å²) in [5.74, 6) is 0.913. The molecule has 0 amide bonds. The number of hydrogen-bond donors (Lipinski definition) is 1. The van der Waals surface area contributed by atoms with Crippen LogP contribution in [0.4, 0.5) is 11.5 Å². The maximum Gasteiger partial charge on any atom is 0.151 e. The maximum absolute atomic E-state index is 6.02. The summed E-state index contributed by atoms with van der Waals surface area (Å²) in [6.07, 6.45) is 1.81. The SMILES string of the molecule is CCN1CCN(c2ncc(Br)cc2N)CC1C. The summed E-state index contributed by atoms with van der Waals surface area (Å²) in [6, 6.07) is 2.47. The normalized spacial score (nSPS) is 21.8. The van der Waals surface area contributed by atoms with Crippen LogP contribution in [0.3, 0.4) is 0 Å². The lowest BCUT2D eigenvalue weighted by molar-refractivity contribution is 0.199. The number of anilines is 2.